The number of nitrogens with zero attached hydrogens (tertiary/aromatic N) is 3. The van der Waals surface area contributed by atoms with E-state index < -0.39 is 0 Å². The lowest BCUT2D eigenvalue weighted by Crippen LogP contribution is -2.48. The highest BCUT2D eigenvalue weighted by Gasteiger charge is 2.28. The molecule has 148 valence electrons. The van der Waals surface area contributed by atoms with E-state index in [1.165, 1.54) is 5.56 Å². The van der Waals surface area contributed by atoms with E-state index in [0.717, 1.165) is 49.9 Å². The molecule has 5 nitrogen and oxygen atoms in total. The Morgan fingerprint density at radius 3 is 2.70 bits per heavy atom. The van der Waals surface area contributed by atoms with E-state index in [1.54, 1.807) is 0 Å². The van der Waals surface area contributed by atoms with Crippen LogP contribution in [0, 0.1) is 5.92 Å². The molecule has 1 saturated heterocycles. The fourth-order valence-corrected chi connectivity index (χ4v) is 3.71. The number of aryl methyl sites for hydroxylation is 1. The second-order valence-corrected chi connectivity index (χ2v) is 7.04. The van der Waals surface area contributed by atoms with Crippen molar-refractivity contribution >= 4 is 29.9 Å². The molecule has 1 aliphatic rings. The van der Waals surface area contributed by atoms with Gasteiger partial charge in [0.05, 0.1) is 5.69 Å². The van der Waals surface area contributed by atoms with Crippen molar-refractivity contribution in [3.63, 3.8) is 0 Å². The maximum Gasteiger partial charge on any atom is 0.194 e. The molecule has 1 aliphatic heterocycles. The molecule has 0 saturated carbocycles. The molecule has 1 fully saturated rings. The van der Waals surface area contributed by atoms with Gasteiger partial charge < -0.3 is 14.7 Å². The van der Waals surface area contributed by atoms with Crippen LogP contribution in [0.4, 0.5) is 0 Å². The molecule has 1 N–H and O–H groups in total. The maximum atomic E-state index is 5.36. The van der Waals surface area contributed by atoms with Crippen molar-refractivity contribution in [3.05, 3.63) is 53.4 Å². The minimum absolute atomic E-state index is 0. The van der Waals surface area contributed by atoms with E-state index >= 15 is 0 Å². The van der Waals surface area contributed by atoms with Crippen LogP contribution in [0.5, 0.6) is 0 Å². The Kier molecular flexibility index (Phi) is 8.60. The fourth-order valence-electron chi connectivity index (χ4n) is 3.71. The number of guanidine groups is 1. The van der Waals surface area contributed by atoms with Crippen molar-refractivity contribution in [1.82, 2.24) is 15.4 Å². The molecule has 6 heteroatoms. The van der Waals surface area contributed by atoms with Crippen LogP contribution in [0.2, 0.25) is 0 Å². The Labute approximate surface area is 179 Å². The molecule has 2 heterocycles. The van der Waals surface area contributed by atoms with Gasteiger partial charge in [-0.2, -0.15) is 0 Å². The first kappa shape index (κ1) is 21.7. The van der Waals surface area contributed by atoms with Crippen LogP contribution in [0.3, 0.4) is 0 Å². The second kappa shape index (κ2) is 10.7. The van der Waals surface area contributed by atoms with E-state index in [4.69, 9.17) is 9.52 Å². The van der Waals surface area contributed by atoms with Crippen molar-refractivity contribution in [3.8, 4) is 0 Å². The minimum atomic E-state index is 0. The van der Waals surface area contributed by atoms with Gasteiger partial charge in [0.15, 0.2) is 11.7 Å². The van der Waals surface area contributed by atoms with Crippen LogP contribution >= 0.6 is 24.0 Å². The summed E-state index contributed by atoms with van der Waals surface area (Å²) in [6.45, 7) is 9.96. The summed E-state index contributed by atoms with van der Waals surface area (Å²) in [7, 11) is 0. The molecule has 0 radical (unpaired) electrons. The molecular formula is C21H31IN4O. The third-order valence-corrected chi connectivity index (χ3v) is 5.12. The van der Waals surface area contributed by atoms with E-state index in [1.807, 2.05) is 6.07 Å². The van der Waals surface area contributed by atoms with Crippen LogP contribution in [0.15, 0.2) is 45.9 Å². The highest BCUT2D eigenvalue weighted by Crippen LogP contribution is 2.32. The third kappa shape index (κ3) is 5.70. The largest absolute Gasteiger partial charge is 0.359 e. The molecule has 27 heavy (non-hydrogen) atoms. The Morgan fingerprint density at radius 1 is 1.30 bits per heavy atom. The van der Waals surface area contributed by atoms with Gasteiger partial charge in [0.1, 0.15) is 6.54 Å². The van der Waals surface area contributed by atoms with Gasteiger partial charge in [-0.25, -0.2) is 4.99 Å². The highest BCUT2D eigenvalue weighted by molar-refractivity contribution is 14.0. The van der Waals surface area contributed by atoms with Gasteiger partial charge >= 0.3 is 0 Å². The Balaban J connectivity index is 0.00000261. The van der Waals surface area contributed by atoms with Gasteiger partial charge in [0, 0.05) is 25.7 Å². The summed E-state index contributed by atoms with van der Waals surface area (Å²) in [5.74, 6) is 3.01. The Bertz CT molecular complexity index is 716. The molecule has 1 aromatic heterocycles. The lowest BCUT2D eigenvalue weighted by atomic mass is 9.82. The normalized spacial score (nSPS) is 20.3. The number of halogens is 1. The number of hydrogen-bond donors (Lipinski definition) is 1. The van der Waals surface area contributed by atoms with Gasteiger partial charge in [-0.05, 0) is 37.2 Å². The average Bonchev–Trinajstić information content (AvgIpc) is 3.14. The Morgan fingerprint density at radius 2 is 2.07 bits per heavy atom. The topological polar surface area (TPSA) is 53.7 Å². The summed E-state index contributed by atoms with van der Waals surface area (Å²) in [5, 5.41) is 7.48. The third-order valence-electron chi connectivity index (χ3n) is 5.12. The molecule has 0 spiro atoms. The molecule has 2 unspecified atom stereocenters. The lowest BCUT2D eigenvalue weighted by molar-refractivity contribution is 0.234. The Hall–Kier alpha value is -1.57. The van der Waals surface area contributed by atoms with Gasteiger partial charge in [-0.3, -0.25) is 0 Å². The summed E-state index contributed by atoms with van der Waals surface area (Å²) in [5.41, 5.74) is 2.44. The van der Waals surface area contributed by atoms with Crippen LogP contribution in [-0.2, 0) is 13.0 Å². The smallest absolute Gasteiger partial charge is 0.194 e. The molecule has 2 aromatic rings. The van der Waals surface area contributed by atoms with Crippen LogP contribution < -0.4 is 5.32 Å². The monoisotopic (exact) mass is 482 g/mol. The molecule has 0 aliphatic carbocycles. The first-order chi connectivity index (χ1) is 12.7. The van der Waals surface area contributed by atoms with Crippen molar-refractivity contribution in [1.29, 1.82) is 0 Å². The van der Waals surface area contributed by atoms with Crippen molar-refractivity contribution in [2.24, 2.45) is 10.9 Å². The molecule has 1 aromatic carbocycles. The molecule has 0 bridgehead atoms. The zero-order valence-electron chi connectivity index (χ0n) is 16.5. The minimum Gasteiger partial charge on any atom is -0.359 e. The maximum absolute atomic E-state index is 5.36. The highest BCUT2D eigenvalue weighted by atomic mass is 127. The van der Waals surface area contributed by atoms with Gasteiger partial charge in [0.2, 0.25) is 0 Å². The number of likely N-dealkylation sites (tertiary alicyclic amines) is 1. The number of benzene rings is 1. The number of aromatic nitrogens is 1. The summed E-state index contributed by atoms with van der Waals surface area (Å²) >= 11 is 0. The standard InChI is InChI=1S/C21H30N4O.HI/c1-4-18-13-19(26-24-18)14-23-21(22-5-2)25-12-11-20(16(3)15-25)17-9-7-6-8-10-17;/h6-10,13,16,20H,4-5,11-12,14-15H2,1-3H3,(H,22,23);1H. The molecule has 0 amide bonds. The van der Waals surface area contributed by atoms with E-state index in [0.29, 0.717) is 18.4 Å². The van der Waals surface area contributed by atoms with Crippen molar-refractivity contribution in [2.45, 2.75) is 46.1 Å². The van der Waals surface area contributed by atoms with Crippen LogP contribution in [0.1, 0.15) is 50.1 Å². The molecule has 2 atom stereocenters. The zero-order chi connectivity index (χ0) is 18.4. The fraction of sp³-hybridized carbons (Fsp3) is 0.524. The zero-order valence-corrected chi connectivity index (χ0v) is 18.8. The quantitative estimate of drug-likeness (QED) is 0.389. The number of rotatable bonds is 5. The summed E-state index contributed by atoms with van der Waals surface area (Å²) < 4.78 is 5.36. The molecular weight excluding hydrogens is 451 g/mol. The second-order valence-electron chi connectivity index (χ2n) is 7.04. The van der Waals surface area contributed by atoms with Crippen molar-refractivity contribution < 1.29 is 4.52 Å². The number of nitrogens with one attached hydrogen (secondary N) is 1. The van der Waals surface area contributed by atoms with Crippen molar-refractivity contribution in [2.75, 3.05) is 19.6 Å². The van der Waals surface area contributed by atoms with Crippen LogP contribution in [-0.4, -0.2) is 35.7 Å². The SMILES string of the molecule is CCNC(=NCc1cc(CC)no1)N1CCC(c2ccccc2)C(C)C1.I. The van der Waals surface area contributed by atoms with E-state index in [-0.39, 0.29) is 24.0 Å². The van der Waals surface area contributed by atoms with E-state index in [2.05, 4.69) is 66.5 Å². The van der Waals surface area contributed by atoms with Gasteiger partial charge in [-0.15, -0.1) is 24.0 Å². The van der Waals surface area contributed by atoms with Gasteiger partial charge in [0.25, 0.3) is 0 Å². The predicted octanol–water partition coefficient (Wildman–Crippen LogP) is 4.45. The first-order valence-electron chi connectivity index (χ1n) is 9.73. The van der Waals surface area contributed by atoms with Crippen LogP contribution in [0.25, 0.3) is 0 Å². The number of piperidine rings is 1. The summed E-state index contributed by atoms with van der Waals surface area (Å²) in [6.07, 6.45) is 2.04. The predicted molar refractivity (Wildman–Crippen MR) is 121 cm³/mol. The summed E-state index contributed by atoms with van der Waals surface area (Å²) in [4.78, 5) is 7.16. The van der Waals surface area contributed by atoms with Gasteiger partial charge in [-0.1, -0.05) is 49.3 Å². The number of hydrogen-bond acceptors (Lipinski definition) is 3. The lowest BCUT2D eigenvalue weighted by Gasteiger charge is -2.39. The first-order valence-corrected chi connectivity index (χ1v) is 9.73. The number of aliphatic imine (C=N–C) groups is 1. The average molecular weight is 482 g/mol. The summed E-state index contributed by atoms with van der Waals surface area (Å²) in [6, 6.07) is 12.9. The molecule has 3 rings (SSSR count). The van der Waals surface area contributed by atoms with E-state index in [9.17, 15) is 0 Å².